The van der Waals surface area contributed by atoms with E-state index in [4.69, 9.17) is 0 Å². The van der Waals surface area contributed by atoms with E-state index in [0.29, 0.717) is 4.88 Å². The van der Waals surface area contributed by atoms with Gasteiger partial charge in [-0.1, -0.05) is 0 Å². The summed E-state index contributed by atoms with van der Waals surface area (Å²) in [5.41, 5.74) is -1.22. The van der Waals surface area contributed by atoms with Crippen LogP contribution in [0.3, 0.4) is 0 Å². The molecule has 2 rings (SSSR count). The van der Waals surface area contributed by atoms with E-state index in [1.807, 2.05) is 6.07 Å². The lowest BCUT2D eigenvalue weighted by Crippen LogP contribution is -2.28. The van der Waals surface area contributed by atoms with Crippen LogP contribution >= 0.6 is 43.2 Å². The topological polar surface area (TPSA) is 78.2 Å². The number of hydrogen-bond donors (Lipinski definition) is 1. The third-order valence-corrected chi connectivity index (χ3v) is 8.11. The maximum atomic E-state index is 11.5. The first kappa shape index (κ1) is 14.5. The molecule has 1 aromatic heterocycles. The van der Waals surface area contributed by atoms with Crippen LogP contribution in [-0.4, -0.2) is 25.0 Å². The molecule has 0 aromatic carbocycles. The highest BCUT2D eigenvalue weighted by atomic mass is 79.9. The molecule has 1 saturated heterocycles. The van der Waals surface area contributed by atoms with Crippen molar-refractivity contribution in [1.82, 2.24) is 0 Å². The van der Waals surface area contributed by atoms with Crippen molar-refractivity contribution in [3.8, 4) is 6.07 Å². The number of thiophene rings is 1. The van der Waals surface area contributed by atoms with E-state index in [9.17, 15) is 18.8 Å². The van der Waals surface area contributed by atoms with Gasteiger partial charge in [0, 0.05) is 9.35 Å². The monoisotopic (exact) mass is 413 g/mol. The predicted molar refractivity (Wildman–Crippen MR) is 76.0 cm³/mol. The van der Waals surface area contributed by atoms with Gasteiger partial charge in [0.05, 0.1) is 21.4 Å². The zero-order valence-electron chi connectivity index (χ0n) is 9.06. The summed E-state index contributed by atoms with van der Waals surface area (Å²) in [7, 11) is -3.22. The first-order valence-corrected chi connectivity index (χ1v) is 9.26. The van der Waals surface area contributed by atoms with Gasteiger partial charge >= 0.3 is 0 Å². The molecule has 2 atom stereocenters. The van der Waals surface area contributed by atoms with Crippen molar-refractivity contribution in [3.63, 3.8) is 0 Å². The van der Waals surface area contributed by atoms with Gasteiger partial charge in [-0.2, -0.15) is 5.26 Å². The highest BCUT2D eigenvalue weighted by molar-refractivity contribution is 9.13. The Hall–Kier alpha value is 0.0600. The second kappa shape index (κ2) is 4.87. The average molecular weight is 415 g/mol. The number of nitrogens with zero attached hydrogens (tertiary/aromatic N) is 1. The lowest BCUT2D eigenvalue weighted by molar-refractivity contribution is 0.0825. The van der Waals surface area contributed by atoms with Gasteiger partial charge in [-0.25, -0.2) is 8.42 Å². The third kappa shape index (κ3) is 2.51. The normalized spacial score (nSPS) is 27.9. The van der Waals surface area contributed by atoms with Crippen molar-refractivity contribution in [3.05, 3.63) is 19.2 Å². The van der Waals surface area contributed by atoms with Crippen LogP contribution in [0.4, 0.5) is 0 Å². The number of nitriles is 1. The molecule has 1 aromatic rings. The van der Waals surface area contributed by atoms with Gasteiger partial charge in [0.25, 0.3) is 0 Å². The van der Waals surface area contributed by atoms with Crippen LogP contribution in [-0.2, 0) is 9.84 Å². The molecule has 18 heavy (non-hydrogen) atoms. The molecular weight excluding hydrogens is 406 g/mol. The maximum Gasteiger partial charge on any atom is 0.152 e. The van der Waals surface area contributed by atoms with Crippen LogP contribution in [0.25, 0.3) is 0 Å². The third-order valence-electron chi connectivity index (χ3n) is 3.02. The molecule has 2 unspecified atom stereocenters. The molecule has 1 aliphatic rings. The van der Waals surface area contributed by atoms with Gasteiger partial charge in [-0.3, -0.25) is 0 Å². The van der Waals surface area contributed by atoms with E-state index >= 15 is 0 Å². The van der Waals surface area contributed by atoms with Gasteiger partial charge < -0.3 is 5.11 Å². The van der Waals surface area contributed by atoms with Crippen molar-refractivity contribution in [2.24, 2.45) is 5.41 Å². The van der Waals surface area contributed by atoms with E-state index in [1.165, 1.54) is 11.3 Å². The quantitative estimate of drug-likeness (QED) is 0.806. The number of aliphatic hydroxyl groups is 1. The van der Waals surface area contributed by atoms with Crippen LogP contribution in [0.2, 0.25) is 0 Å². The smallest absolute Gasteiger partial charge is 0.152 e. The zero-order valence-corrected chi connectivity index (χ0v) is 13.9. The van der Waals surface area contributed by atoms with Crippen molar-refractivity contribution in [2.75, 3.05) is 11.5 Å². The van der Waals surface area contributed by atoms with Gasteiger partial charge in [0.1, 0.15) is 11.5 Å². The fourth-order valence-corrected chi connectivity index (χ4v) is 6.17. The van der Waals surface area contributed by atoms with Crippen LogP contribution in [0.5, 0.6) is 0 Å². The van der Waals surface area contributed by atoms with Gasteiger partial charge in [0.2, 0.25) is 0 Å². The molecule has 1 fully saturated rings. The highest BCUT2D eigenvalue weighted by Gasteiger charge is 2.49. The summed E-state index contributed by atoms with van der Waals surface area (Å²) in [6.07, 6.45) is -0.896. The van der Waals surface area contributed by atoms with Crippen molar-refractivity contribution >= 4 is 53.0 Å². The summed E-state index contributed by atoms with van der Waals surface area (Å²) >= 11 is 7.92. The Morgan fingerprint density at radius 2 is 2.22 bits per heavy atom. The Bertz CT molecular complexity index is 600. The number of aliphatic hydroxyl groups excluding tert-OH is 1. The van der Waals surface area contributed by atoms with Crippen molar-refractivity contribution < 1.29 is 13.5 Å². The van der Waals surface area contributed by atoms with E-state index < -0.39 is 21.4 Å². The van der Waals surface area contributed by atoms with Crippen LogP contribution < -0.4 is 0 Å². The Morgan fingerprint density at radius 1 is 1.56 bits per heavy atom. The molecule has 1 aliphatic heterocycles. The van der Waals surface area contributed by atoms with E-state index in [-0.39, 0.29) is 17.9 Å². The Balaban J connectivity index is 2.38. The maximum absolute atomic E-state index is 11.5. The van der Waals surface area contributed by atoms with E-state index in [0.717, 1.165) is 8.26 Å². The lowest BCUT2D eigenvalue weighted by atomic mass is 9.82. The zero-order chi connectivity index (χ0) is 13.6. The number of sulfone groups is 1. The molecular formula is C10H9Br2NO3S2. The molecule has 2 heterocycles. The Labute approximate surface area is 126 Å². The molecule has 98 valence electrons. The standard InChI is InChI=1S/C10H9Br2NO3S2/c11-6-3-7(17-9(6)12)8(14)10(4-13)1-2-18(15,16)5-10/h3,8,14H,1-2,5H2. The van der Waals surface area contributed by atoms with E-state index in [2.05, 4.69) is 31.9 Å². The molecule has 8 heteroatoms. The van der Waals surface area contributed by atoms with E-state index in [1.54, 1.807) is 6.07 Å². The summed E-state index contributed by atoms with van der Waals surface area (Å²) in [5, 5.41) is 19.6. The Kier molecular flexibility index (Phi) is 3.91. The SMILES string of the molecule is N#CC1(C(O)c2cc(Br)c(Br)s2)CCS(=O)(=O)C1. The summed E-state index contributed by atoms with van der Waals surface area (Å²) in [6, 6.07) is 3.72. The lowest BCUT2D eigenvalue weighted by Gasteiger charge is -2.24. The number of rotatable bonds is 2. The largest absolute Gasteiger partial charge is 0.386 e. The fourth-order valence-electron chi connectivity index (χ4n) is 2.01. The molecule has 1 N–H and O–H groups in total. The minimum absolute atomic E-state index is 0.0364. The molecule has 4 nitrogen and oxygen atoms in total. The number of hydrogen-bond acceptors (Lipinski definition) is 5. The molecule has 0 spiro atoms. The molecule has 0 bridgehead atoms. The number of halogens is 2. The summed E-state index contributed by atoms with van der Waals surface area (Å²) in [4.78, 5) is 0.590. The fraction of sp³-hybridized carbons (Fsp3) is 0.500. The minimum Gasteiger partial charge on any atom is -0.386 e. The first-order valence-electron chi connectivity index (χ1n) is 5.04. The van der Waals surface area contributed by atoms with Gasteiger partial charge in [-0.15, -0.1) is 11.3 Å². The van der Waals surface area contributed by atoms with Crippen LogP contribution in [0, 0.1) is 16.7 Å². The van der Waals surface area contributed by atoms with Crippen LogP contribution in [0.1, 0.15) is 17.4 Å². The molecule has 0 amide bonds. The second-order valence-corrected chi connectivity index (χ2v) is 9.72. The van der Waals surface area contributed by atoms with Crippen molar-refractivity contribution in [2.45, 2.75) is 12.5 Å². The molecule has 0 saturated carbocycles. The average Bonchev–Trinajstić information content (AvgIpc) is 2.80. The van der Waals surface area contributed by atoms with Gasteiger partial charge in [0.15, 0.2) is 9.84 Å². The van der Waals surface area contributed by atoms with Crippen LogP contribution in [0.15, 0.2) is 14.3 Å². The summed E-state index contributed by atoms with van der Waals surface area (Å²) < 4.78 is 24.7. The van der Waals surface area contributed by atoms with Crippen molar-refractivity contribution in [1.29, 1.82) is 5.26 Å². The summed E-state index contributed by atoms with van der Waals surface area (Å²) in [6.45, 7) is 0. The highest BCUT2D eigenvalue weighted by Crippen LogP contribution is 2.46. The predicted octanol–water partition coefficient (Wildman–Crippen LogP) is 2.63. The Morgan fingerprint density at radius 3 is 2.61 bits per heavy atom. The first-order chi connectivity index (χ1) is 8.30. The minimum atomic E-state index is -3.22. The van der Waals surface area contributed by atoms with Gasteiger partial charge in [-0.05, 0) is 44.3 Å². The molecule has 0 radical (unpaired) electrons. The molecule has 0 aliphatic carbocycles. The summed E-state index contributed by atoms with van der Waals surface area (Å²) in [5.74, 6) is -0.309. The second-order valence-electron chi connectivity index (χ2n) is 4.28.